The summed E-state index contributed by atoms with van der Waals surface area (Å²) in [6, 6.07) is 5.87. The van der Waals surface area contributed by atoms with Gasteiger partial charge in [0.1, 0.15) is 17.5 Å². The molecular weight excluding hydrogens is 355 g/mol. The molecule has 0 radical (unpaired) electrons. The summed E-state index contributed by atoms with van der Waals surface area (Å²) in [7, 11) is 0. The number of thioether (sulfide) groups is 1. The van der Waals surface area contributed by atoms with Crippen molar-refractivity contribution in [2.75, 3.05) is 11.1 Å². The van der Waals surface area contributed by atoms with Gasteiger partial charge in [-0.15, -0.1) is 16.8 Å². The maximum atomic E-state index is 13.0. The second-order valence-electron chi connectivity index (χ2n) is 5.28. The van der Waals surface area contributed by atoms with E-state index in [9.17, 15) is 4.39 Å². The highest BCUT2D eigenvalue weighted by atomic mass is 32.2. The Balaban J connectivity index is 1.73. The number of nitrogens with zero attached hydrogens (tertiary/aromatic N) is 6. The number of hydrogen-bond donors (Lipinski definition) is 2. The quantitative estimate of drug-likeness (QED) is 0.481. The number of rotatable bonds is 7. The molecule has 0 saturated heterocycles. The highest BCUT2D eigenvalue weighted by molar-refractivity contribution is 7.98. The molecular formula is C16H17FN8S. The van der Waals surface area contributed by atoms with Gasteiger partial charge in [0.15, 0.2) is 5.16 Å². The van der Waals surface area contributed by atoms with E-state index in [4.69, 9.17) is 5.73 Å². The maximum absolute atomic E-state index is 13.0. The molecule has 0 bridgehead atoms. The number of anilines is 3. The van der Waals surface area contributed by atoms with Gasteiger partial charge in [0.25, 0.3) is 0 Å². The van der Waals surface area contributed by atoms with Crippen molar-refractivity contribution in [1.29, 1.82) is 0 Å². The summed E-state index contributed by atoms with van der Waals surface area (Å²) in [5.41, 5.74) is 6.42. The monoisotopic (exact) mass is 372 g/mol. The molecule has 0 aliphatic heterocycles. The van der Waals surface area contributed by atoms with E-state index in [0.29, 0.717) is 29.8 Å². The van der Waals surface area contributed by atoms with Gasteiger partial charge in [0.05, 0.1) is 5.75 Å². The highest BCUT2D eigenvalue weighted by Crippen LogP contribution is 2.22. The van der Waals surface area contributed by atoms with Crippen molar-refractivity contribution in [2.24, 2.45) is 0 Å². The van der Waals surface area contributed by atoms with Crippen LogP contribution in [0.15, 0.2) is 42.1 Å². The molecule has 10 heteroatoms. The summed E-state index contributed by atoms with van der Waals surface area (Å²) in [5, 5.41) is 11.9. The van der Waals surface area contributed by atoms with E-state index in [1.807, 2.05) is 11.5 Å². The molecule has 0 aliphatic carbocycles. The van der Waals surface area contributed by atoms with Crippen LogP contribution >= 0.6 is 11.8 Å². The standard InChI is InChI=1S/C16H17FN8S/c1-3-8-25-10(2)23-24-16(25)26-9-13-20-14(18)22-15(21-13)19-12-6-4-11(17)5-7-12/h3-7H,1,8-9H2,2H3,(H3,18,19,20,21,22). The van der Waals surface area contributed by atoms with Crippen molar-refractivity contribution in [3.63, 3.8) is 0 Å². The maximum Gasteiger partial charge on any atom is 0.232 e. The lowest BCUT2D eigenvalue weighted by Gasteiger charge is -2.08. The SMILES string of the molecule is C=CCn1c(C)nnc1SCc1nc(N)nc(Nc2ccc(F)cc2)n1. The number of nitrogens with two attached hydrogens (primary N) is 1. The molecule has 3 N–H and O–H groups in total. The summed E-state index contributed by atoms with van der Waals surface area (Å²) in [6.07, 6.45) is 1.78. The van der Waals surface area contributed by atoms with Crippen LogP contribution < -0.4 is 11.1 Å². The zero-order valence-corrected chi connectivity index (χ0v) is 14.9. The second kappa shape index (κ2) is 7.91. The molecule has 0 aliphatic rings. The minimum atomic E-state index is -0.318. The van der Waals surface area contributed by atoms with Gasteiger partial charge in [-0.25, -0.2) is 4.39 Å². The van der Waals surface area contributed by atoms with Gasteiger partial charge in [0, 0.05) is 12.2 Å². The lowest BCUT2D eigenvalue weighted by molar-refractivity contribution is 0.628. The smallest absolute Gasteiger partial charge is 0.232 e. The average molecular weight is 372 g/mol. The molecule has 3 aromatic rings. The van der Waals surface area contributed by atoms with Crippen molar-refractivity contribution in [3.8, 4) is 0 Å². The lowest BCUT2D eigenvalue weighted by atomic mass is 10.3. The minimum Gasteiger partial charge on any atom is -0.368 e. The van der Waals surface area contributed by atoms with Crippen LogP contribution in [0.3, 0.4) is 0 Å². The van der Waals surface area contributed by atoms with E-state index in [1.54, 1.807) is 18.2 Å². The number of nitrogen functional groups attached to an aromatic ring is 1. The summed E-state index contributed by atoms with van der Waals surface area (Å²) in [5.74, 6) is 1.83. The predicted molar refractivity (Wildman–Crippen MR) is 98.4 cm³/mol. The van der Waals surface area contributed by atoms with Crippen molar-refractivity contribution < 1.29 is 4.39 Å². The van der Waals surface area contributed by atoms with Crippen LogP contribution in [0.2, 0.25) is 0 Å². The first-order valence-electron chi connectivity index (χ1n) is 7.71. The van der Waals surface area contributed by atoms with Gasteiger partial charge in [-0.2, -0.15) is 15.0 Å². The molecule has 0 saturated carbocycles. The van der Waals surface area contributed by atoms with Gasteiger partial charge < -0.3 is 15.6 Å². The third-order valence-corrected chi connectivity index (χ3v) is 4.31. The first kappa shape index (κ1) is 17.8. The Morgan fingerprint density at radius 2 is 2.00 bits per heavy atom. The lowest BCUT2D eigenvalue weighted by Crippen LogP contribution is -2.07. The Hall–Kier alpha value is -3.01. The van der Waals surface area contributed by atoms with E-state index in [0.717, 1.165) is 11.0 Å². The molecule has 2 heterocycles. The van der Waals surface area contributed by atoms with Crippen molar-refractivity contribution >= 4 is 29.3 Å². The zero-order chi connectivity index (χ0) is 18.5. The number of aromatic nitrogens is 6. The summed E-state index contributed by atoms with van der Waals surface area (Å²) < 4.78 is 14.9. The van der Waals surface area contributed by atoms with Crippen molar-refractivity contribution in [3.05, 3.63) is 54.4 Å². The number of aryl methyl sites for hydroxylation is 1. The molecule has 0 amide bonds. The molecule has 26 heavy (non-hydrogen) atoms. The fourth-order valence-corrected chi connectivity index (χ4v) is 3.01. The molecule has 3 rings (SSSR count). The van der Waals surface area contributed by atoms with Crippen molar-refractivity contribution in [2.45, 2.75) is 24.4 Å². The van der Waals surface area contributed by atoms with E-state index in [2.05, 4.69) is 37.0 Å². The third-order valence-electron chi connectivity index (χ3n) is 3.34. The van der Waals surface area contributed by atoms with Gasteiger partial charge in [-0.05, 0) is 31.2 Å². The first-order chi connectivity index (χ1) is 12.5. The Labute approximate surface area is 153 Å². The van der Waals surface area contributed by atoms with Gasteiger partial charge >= 0.3 is 0 Å². The molecule has 8 nitrogen and oxygen atoms in total. The summed E-state index contributed by atoms with van der Waals surface area (Å²) in [4.78, 5) is 12.5. The molecule has 0 atom stereocenters. The zero-order valence-electron chi connectivity index (χ0n) is 14.1. The Morgan fingerprint density at radius 3 is 2.73 bits per heavy atom. The average Bonchev–Trinajstić information content (AvgIpc) is 2.95. The number of halogens is 1. The van der Waals surface area contributed by atoms with Crippen LogP contribution in [0.1, 0.15) is 11.6 Å². The van der Waals surface area contributed by atoms with Gasteiger partial charge in [-0.1, -0.05) is 17.8 Å². The van der Waals surface area contributed by atoms with E-state index in [-0.39, 0.29) is 11.8 Å². The van der Waals surface area contributed by atoms with Gasteiger partial charge in [-0.3, -0.25) is 0 Å². The summed E-state index contributed by atoms with van der Waals surface area (Å²) in [6.45, 7) is 6.24. The fraction of sp³-hybridized carbons (Fsp3) is 0.188. The number of benzene rings is 1. The predicted octanol–water partition coefficient (Wildman–Crippen LogP) is 2.71. The van der Waals surface area contributed by atoms with Crippen LogP contribution in [-0.2, 0) is 12.3 Å². The Bertz CT molecular complexity index is 909. The molecule has 0 fully saturated rings. The molecule has 2 aromatic heterocycles. The third kappa shape index (κ3) is 4.33. The first-order valence-corrected chi connectivity index (χ1v) is 8.70. The van der Waals surface area contributed by atoms with Crippen LogP contribution in [0.5, 0.6) is 0 Å². The molecule has 134 valence electrons. The Kier molecular flexibility index (Phi) is 5.42. The number of allylic oxidation sites excluding steroid dienone is 1. The van der Waals surface area contributed by atoms with E-state index < -0.39 is 0 Å². The van der Waals surface area contributed by atoms with Gasteiger partial charge in [0.2, 0.25) is 11.9 Å². The van der Waals surface area contributed by atoms with Crippen molar-refractivity contribution in [1.82, 2.24) is 29.7 Å². The van der Waals surface area contributed by atoms with Crippen LogP contribution in [0.25, 0.3) is 0 Å². The van der Waals surface area contributed by atoms with E-state index in [1.165, 1.54) is 23.9 Å². The number of nitrogens with one attached hydrogen (secondary N) is 1. The molecule has 0 unspecified atom stereocenters. The van der Waals surface area contributed by atoms with Crippen LogP contribution in [-0.4, -0.2) is 29.7 Å². The van der Waals surface area contributed by atoms with Crippen LogP contribution in [0.4, 0.5) is 22.0 Å². The van der Waals surface area contributed by atoms with E-state index >= 15 is 0 Å². The topological polar surface area (TPSA) is 107 Å². The Morgan fingerprint density at radius 1 is 1.23 bits per heavy atom. The minimum absolute atomic E-state index is 0.101. The molecule has 0 spiro atoms. The summed E-state index contributed by atoms with van der Waals surface area (Å²) >= 11 is 1.44. The molecule has 1 aromatic carbocycles. The highest BCUT2D eigenvalue weighted by Gasteiger charge is 2.11. The largest absolute Gasteiger partial charge is 0.368 e. The fourth-order valence-electron chi connectivity index (χ4n) is 2.16. The second-order valence-corrected chi connectivity index (χ2v) is 6.23. The number of hydrogen-bond acceptors (Lipinski definition) is 8. The van der Waals surface area contributed by atoms with Crippen LogP contribution in [0, 0.1) is 12.7 Å². The normalized spacial score (nSPS) is 10.7.